The molecule has 0 atom stereocenters. The molecule has 0 N–H and O–H groups in total. The molecule has 2 heterocycles. The van der Waals surface area contributed by atoms with Crippen molar-refractivity contribution in [3.63, 3.8) is 0 Å². The molecule has 0 saturated carbocycles. The number of nitrogens with zero attached hydrogens (tertiary/aromatic N) is 2. The Balaban J connectivity index is 1.76. The van der Waals surface area contributed by atoms with Gasteiger partial charge in [0.15, 0.2) is 17.4 Å². The Kier molecular flexibility index (Phi) is 3.96. The number of fused-ring (bicyclic) bond motifs is 1. The number of hydrogen-bond donors (Lipinski definition) is 0. The van der Waals surface area contributed by atoms with Crippen LogP contribution in [-0.4, -0.2) is 24.2 Å². The second kappa shape index (κ2) is 6.05. The van der Waals surface area contributed by atoms with Crippen LogP contribution in [0.2, 0.25) is 0 Å². The summed E-state index contributed by atoms with van der Waals surface area (Å²) < 4.78 is 16.2. The van der Waals surface area contributed by atoms with Gasteiger partial charge in [-0.2, -0.15) is 0 Å². The quantitative estimate of drug-likeness (QED) is 0.723. The first-order chi connectivity index (χ1) is 10.7. The summed E-state index contributed by atoms with van der Waals surface area (Å²) in [5, 5.41) is 0. The Morgan fingerprint density at radius 2 is 1.86 bits per heavy atom. The molecule has 22 heavy (non-hydrogen) atoms. The number of benzene rings is 1. The molecule has 0 aliphatic rings. The SMILES string of the molecule is COc1ccc(CCc2nc3cc(C)cnc3o2)cc1OC. The van der Waals surface area contributed by atoms with Crippen LogP contribution in [0.25, 0.3) is 11.2 Å². The zero-order chi connectivity index (χ0) is 15.5. The molecule has 0 bridgehead atoms. The molecular formula is C17H18N2O3. The Morgan fingerprint density at radius 1 is 1.05 bits per heavy atom. The molecule has 0 aliphatic carbocycles. The maximum atomic E-state index is 5.67. The van der Waals surface area contributed by atoms with E-state index in [0.29, 0.717) is 18.0 Å². The van der Waals surface area contributed by atoms with Gasteiger partial charge in [-0.15, -0.1) is 0 Å². The van der Waals surface area contributed by atoms with Crippen molar-refractivity contribution in [3.8, 4) is 11.5 Å². The maximum Gasteiger partial charge on any atom is 0.246 e. The first-order valence-corrected chi connectivity index (χ1v) is 7.12. The fourth-order valence-electron chi connectivity index (χ4n) is 2.36. The number of aryl methyl sites for hydroxylation is 3. The van der Waals surface area contributed by atoms with E-state index in [1.807, 2.05) is 31.2 Å². The van der Waals surface area contributed by atoms with E-state index >= 15 is 0 Å². The van der Waals surface area contributed by atoms with Crippen LogP contribution >= 0.6 is 0 Å². The van der Waals surface area contributed by atoms with E-state index in [1.54, 1.807) is 20.4 Å². The molecule has 0 unspecified atom stereocenters. The summed E-state index contributed by atoms with van der Waals surface area (Å²) in [4.78, 5) is 8.72. The van der Waals surface area contributed by atoms with Crippen molar-refractivity contribution in [3.05, 3.63) is 47.5 Å². The van der Waals surface area contributed by atoms with Gasteiger partial charge in [0.25, 0.3) is 0 Å². The normalized spacial score (nSPS) is 10.9. The van der Waals surface area contributed by atoms with Crippen molar-refractivity contribution < 1.29 is 13.9 Å². The van der Waals surface area contributed by atoms with Gasteiger partial charge < -0.3 is 13.9 Å². The molecule has 0 saturated heterocycles. The minimum absolute atomic E-state index is 0.591. The Morgan fingerprint density at radius 3 is 2.64 bits per heavy atom. The number of oxazole rings is 1. The van der Waals surface area contributed by atoms with E-state index in [1.165, 1.54) is 0 Å². The highest BCUT2D eigenvalue weighted by molar-refractivity contribution is 5.68. The second-order valence-electron chi connectivity index (χ2n) is 5.13. The zero-order valence-corrected chi connectivity index (χ0v) is 12.9. The van der Waals surface area contributed by atoms with Crippen molar-refractivity contribution in [1.82, 2.24) is 9.97 Å². The molecule has 2 aromatic heterocycles. The van der Waals surface area contributed by atoms with Crippen LogP contribution < -0.4 is 9.47 Å². The first-order valence-electron chi connectivity index (χ1n) is 7.12. The van der Waals surface area contributed by atoms with Crippen molar-refractivity contribution in [2.75, 3.05) is 14.2 Å². The summed E-state index contributed by atoms with van der Waals surface area (Å²) in [5.74, 6) is 2.16. The smallest absolute Gasteiger partial charge is 0.246 e. The van der Waals surface area contributed by atoms with Gasteiger partial charge in [-0.25, -0.2) is 9.97 Å². The average Bonchev–Trinajstić information content (AvgIpc) is 2.94. The van der Waals surface area contributed by atoms with E-state index in [2.05, 4.69) is 9.97 Å². The molecule has 0 aliphatic heterocycles. The highest BCUT2D eigenvalue weighted by atomic mass is 16.5. The van der Waals surface area contributed by atoms with Crippen LogP contribution in [0, 0.1) is 6.92 Å². The molecule has 5 heteroatoms. The molecule has 1 aromatic carbocycles. The van der Waals surface area contributed by atoms with Gasteiger partial charge in [0.05, 0.1) is 14.2 Å². The van der Waals surface area contributed by atoms with Gasteiger partial charge >= 0.3 is 0 Å². The van der Waals surface area contributed by atoms with Crippen molar-refractivity contribution >= 4 is 11.2 Å². The Hall–Kier alpha value is -2.56. The number of aromatic nitrogens is 2. The third-order valence-corrected chi connectivity index (χ3v) is 3.50. The first kappa shape index (κ1) is 14.4. The van der Waals surface area contributed by atoms with Gasteiger partial charge in [0.2, 0.25) is 5.71 Å². The van der Waals surface area contributed by atoms with Gasteiger partial charge in [-0.05, 0) is 42.7 Å². The number of rotatable bonds is 5. The number of pyridine rings is 1. The third kappa shape index (κ3) is 2.88. The summed E-state index contributed by atoms with van der Waals surface area (Å²) in [6, 6.07) is 7.88. The Labute approximate surface area is 128 Å². The zero-order valence-electron chi connectivity index (χ0n) is 12.9. The van der Waals surface area contributed by atoms with Crippen LogP contribution in [-0.2, 0) is 12.8 Å². The molecule has 0 radical (unpaired) electrons. The Bertz CT molecular complexity index is 796. The summed E-state index contributed by atoms with van der Waals surface area (Å²) in [7, 11) is 3.27. The fourth-order valence-corrected chi connectivity index (χ4v) is 2.36. The lowest BCUT2D eigenvalue weighted by atomic mass is 10.1. The summed E-state index contributed by atoms with van der Waals surface area (Å²) in [5.41, 5.74) is 3.62. The van der Waals surface area contributed by atoms with E-state index in [-0.39, 0.29) is 0 Å². The van der Waals surface area contributed by atoms with Crippen molar-refractivity contribution in [1.29, 1.82) is 0 Å². The topological polar surface area (TPSA) is 57.4 Å². The van der Waals surface area contributed by atoms with Crippen LogP contribution in [0.1, 0.15) is 17.0 Å². The molecule has 5 nitrogen and oxygen atoms in total. The third-order valence-electron chi connectivity index (χ3n) is 3.50. The van der Waals surface area contributed by atoms with Crippen LogP contribution in [0.15, 0.2) is 34.9 Å². The lowest BCUT2D eigenvalue weighted by molar-refractivity contribution is 0.354. The predicted octanol–water partition coefficient (Wildman–Crippen LogP) is 3.33. The second-order valence-corrected chi connectivity index (χ2v) is 5.13. The largest absolute Gasteiger partial charge is 0.493 e. The predicted molar refractivity (Wildman–Crippen MR) is 83.5 cm³/mol. The maximum absolute atomic E-state index is 5.67. The van der Waals surface area contributed by atoms with Crippen LogP contribution in [0.5, 0.6) is 11.5 Å². The molecule has 0 fully saturated rings. The highest BCUT2D eigenvalue weighted by Gasteiger charge is 2.09. The highest BCUT2D eigenvalue weighted by Crippen LogP contribution is 2.28. The molecule has 0 spiro atoms. The molecule has 3 rings (SSSR count). The van der Waals surface area contributed by atoms with Crippen LogP contribution in [0.4, 0.5) is 0 Å². The van der Waals surface area contributed by atoms with E-state index in [0.717, 1.165) is 34.6 Å². The van der Waals surface area contributed by atoms with Crippen LogP contribution in [0.3, 0.4) is 0 Å². The van der Waals surface area contributed by atoms with Gasteiger partial charge in [0.1, 0.15) is 5.52 Å². The molecule has 0 amide bonds. The minimum atomic E-state index is 0.591. The lowest BCUT2D eigenvalue weighted by Gasteiger charge is -2.08. The summed E-state index contributed by atoms with van der Waals surface area (Å²) >= 11 is 0. The monoisotopic (exact) mass is 298 g/mol. The van der Waals surface area contributed by atoms with Gasteiger partial charge in [-0.3, -0.25) is 0 Å². The molecular weight excluding hydrogens is 280 g/mol. The van der Waals surface area contributed by atoms with Gasteiger partial charge in [-0.1, -0.05) is 6.07 Å². The van der Waals surface area contributed by atoms with E-state index < -0.39 is 0 Å². The number of ether oxygens (including phenoxy) is 2. The number of hydrogen-bond acceptors (Lipinski definition) is 5. The fraction of sp³-hybridized carbons (Fsp3) is 0.294. The summed E-state index contributed by atoms with van der Waals surface area (Å²) in [6.07, 6.45) is 3.31. The average molecular weight is 298 g/mol. The van der Waals surface area contributed by atoms with E-state index in [4.69, 9.17) is 13.9 Å². The van der Waals surface area contributed by atoms with E-state index in [9.17, 15) is 0 Å². The van der Waals surface area contributed by atoms with Crippen molar-refractivity contribution in [2.45, 2.75) is 19.8 Å². The van der Waals surface area contributed by atoms with Crippen molar-refractivity contribution in [2.24, 2.45) is 0 Å². The molecule has 3 aromatic rings. The lowest BCUT2D eigenvalue weighted by Crippen LogP contribution is -1.95. The molecule has 114 valence electrons. The van der Waals surface area contributed by atoms with Gasteiger partial charge in [0, 0.05) is 12.6 Å². The number of methoxy groups -OCH3 is 2. The standard InChI is InChI=1S/C17H18N2O3/c1-11-8-13-17(18-10-11)22-16(19-13)7-5-12-4-6-14(20-2)15(9-12)21-3/h4,6,8-10H,5,7H2,1-3H3. The summed E-state index contributed by atoms with van der Waals surface area (Å²) in [6.45, 7) is 1.99. The minimum Gasteiger partial charge on any atom is -0.493 e.